The second-order valence-electron chi connectivity index (χ2n) is 6.24. The highest BCUT2D eigenvalue weighted by Gasteiger charge is 2.34. The van der Waals surface area contributed by atoms with Crippen molar-refractivity contribution >= 4 is 10.0 Å². The number of hydrogen-bond acceptors (Lipinski definition) is 4. The van der Waals surface area contributed by atoms with E-state index < -0.39 is 10.0 Å². The van der Waals surface area contributed by atoms with Gasteiger partial charge in [0.15, 0.2) is 0 Å². The van der Waals surface area contributed by atoms with Crippen molar-refractivity contribution in [2.45, 2.75) is 44.0 Å². The molecule has 21 heavy (non-hydrogen) atoms. The van der Waals surface area contributed by atoms with Crippen LogP contribution in [0.1, 0.15) is 33.1 Å². The molecule has 0 heterocycles. The van der Waals surface area contributed by atoms with Crippen molar-refractivity contribution in [1.29, 1.82) is 0 Å². The fourth-order valence-corrected chi connectivity index (χ4v) is 4.24. The van der Waals surface area contributed by atoms with E-state index in [0.717, 1.165) is 19.3 Å². The van der Waals surface area contributed by atoms with Crippen LogP contribution in [0.4, 0.5) is 0 Å². The van der Waals surface area contributed by atoms with E-state index in [1.807, 2.05) is 0 Å². The van der Waals surface area contributed by atoms with Crippen LogP contribution >= 0.6 is 0 Å². The molecular formula is C15H23NO4S. The van der Waals surface area contributed by atoms with Gasteiger partial charge in [-0.2, -0.15) is 0 Å². The van der Waals surface area contributed by atoms with Crippen LogP contribution in [-0.2, 0) is 10.0 Å². The lowest BCUT2D eigenvalue weighted by Crippen LogP contribution is -2.33. The van der Waals surface area contributed by atoms with Crippen LogP contribution in [0.5, 0.6) is 11.5 Å². The number of hydrogen-bond donors (Lipinski definition) is 1. The van der Waals surface area contributed by atoms with Gasteiger partial charge in [0.1, 0.15) is 16.4 Å². The standard InChI is InChI=1S/C15H23NO4S/c1-15(2)8-7-11(10-15)16-21(17,18)14-6-5-12(19-3)9-13(14)20-4/h5-6,9,11,16H,7-8,10H2,1-4H3. The Hall–Kier alpha value is -1.27. The Morgan fingerprint density at radius 1 is 1.24 bits per heavy atom. The molecule has 0 aliphatic heterocycles. The van der Waals surface area contributed by atoms with Gasteiger partial charge < -0.3 is 9.47 Å². The van der Waals surface area contributed by atoms with Gasteiger partial charge in [-0.1, -0.05) is 13.8 Å². The highest BCUT2D eigenvalue weighted by molar-refractivity contribution is 7.89. The first-order valence-electron chi connectivity index (χ1n) is 7.02. The van der Waals surface area contributed by atoms with Gasteiger partial charge in [-0.05, 0) is 36.8 Å². The van der Waals surface area contributed by atoms with Gasteiger partial charge in [0.2, 0.25) is 10.0 Å². The number of benzene rings is 1. The average Bonchev–Trinajstić information content (AvgIpc) is 2.76. The fourth-order valence-electron chi connectivity index (χ4n) is 2.82. The molecule has 0 saturated heterocycles. The number of ether oxygens (including phenoxy) is 2. The Labute approximate surface area is 126 Å². The second kappa shape index (κ2) is 5.85. The molecule has 6 heteroatoms. The van der Waals surface area contributed by atoms with Crippen LogP contribution in [0, 0.1) is 5.41 Å². The minimum atomic E-state index is -3.59. The predicted molar refractivity (Wildman–Crippen MR) is 81.3 cm³/mol. The molecule has 0 spiro atoms. The van der Waals surface area contributed by atoms with Crippen molar-refractivity contribution in [1.82, 2.24) is 4.72 Å². The van der Waals surface area contributed by atoms with Gasteiger partial charge in [-0.25, -0.2) is 13.1 Å². The first-order valence-corrected chi connectivity index (χ1v) is 8.50. The zero-order valence-corrected chi connectivity index (χ0v) is 13.8. The topological polar surface area (TPSA) is 64.6 Å². The molecular weight excluding hydrogens is 290 g/mol. The van der Waals surface area contributed by atoms with Crippen LogP contribution in [0.3, 0.4) is 0 Å². The van der Waals surface area contributed by atoms with Crippen molar-refractivity contribution in [3.8, 4) is 11.5 Å². The fraction of sp³-hybridized carbons (Fsp3) is 0.600. The lowest BCUT2D eigenvalue weighted by molar-refractivity contribution is 0.372. The highest BCUT2D eigenvalue weighted by atomic mass is 32.2. The quantitative estimate of drug-likeness (QED) is 0.907. The van der Waals surface area contributed by atoms with Crippen LogP contribution in [0.2, 0.25) is 0 Å². The first kappa shape index (κ1) is 16.1. The lowest BCUT2D eigenvalue weighted by atomic mass is 9.92. The molecule has 118 valence electrons. The molecule has 1 atom stereocenters. The third kappa shape index (κ3) is 3.68. The van der Waals surface area contributed by atoms with Crippen molar-refractivity contribution in [2.24, 2.45) is 5.41 Å². The summed E-state index contributed by atoms with van der Waals surface area (Å²) in [5, 5.41) is 0. The minimum absolute atomic E-state index is 0.0168. The van der Waals surface area contributed by atoms with Crippen molar-refractivity contribution in [3.63, 3.8) is 0 Å². The summed E-state index contributed by atoms with van der Waals surface area (Å²) < 4.78 is 38.2. The van der Waals surface area contributed by atoms with E-state index in [-0.39, 0.29) is 16.4 Å². The molecule has 1 saturated carbocycles. The highest BCUT2D eigenvalue weighted by Crippen LogP contribution is 2.38. The summed E-state index contributed by atoms with van der Waals surface area (Å²) in [7, 11) is -0.612. The molecule has 1 aliphatic carbocycles. The summed E-state index contributed by atoms with van der Waals surface area (Å²) in [6.07, 6.45) is 2.75. The summed E-state index contributed by atoms with van der Waals surface area (Å²) in [6, 6.07) is 4.69. The summed E-state index contributed by atoms with van der Waals surface area (Å²) in [5.41, 5.74) is 0.192. The number of nitrogens with one attached hydrogen (secondary N) is 1. The zero-order valence-electron chi connectivity index (χ0n) is 13.0. The second-order valence-corrected chi connectivity index (χ2v) is 7.92. The van der Waals surface area contributed by atoms with Gasteiger partial charge in [0.25, 0.3) is 0 Å². The molecule has 0 radical (unpaired) electrons. The van der Waals surface area contributed by atoms with Gasteiger partial charge in [-0.3, -0.25) is 0 Å². The summed E-state index contributed by atoms with van der Waals surface area (Å²) >= 11 is 0. The average molecular weight is 313 g/mol. The van der Waals surface area contributed by atoms with Gasteiger partial charge in [0, 0.05) is 12.1 Å². The molecule has 0 bridgehead atoms. The Kier molecular flexibility index (Phi) is 4.49. The van der Waals surface area contributed by atoms with Crippen LogP contribution in [-0.4, -0.2) is 28.7 Å². The Bertz CT molecular complexity index is 610. The van der Waals surface area contributed by atoms with Gasteiger partial charge in [0.05, 0.1) is 14.2 Å². The molecule has 1 fully saturated rings. The van der Waals surface area contributed by atoms with E-state index in [1.165, 1.54) is 20.3 Å². The molecule has 1 unspecified atom stereocenters. The maximum absolute atomic E-state index is 12.5. The first-order chi connectivity index (χ1) is 9.77. The molecule has 0 aromatic heterocycles. The van der Waals surface area contributed by atoms with E-state index in [0.29, 0.717) is 11.5 Å². The molecule has 2 rings (SSSR count). The molecule has 1 N–H and O–H groups in total. The Balaban J connectivity index is 2.24. The van der Waals surface area contributed by atoms with E-state index in [2.05, 4.69) is 18.6 Å². The molecule has 1 aromatic rings. The van der Waals surface area contributed by atoms with Gasteiger partial charge in [-0.15, -0.1) is 0 Å². The zero-order chi connectivity index (χ0) is 15.7. The monoisotopic (exact) mass is 313 g/mol. The molecule has 5 nitrogen and oxygen atoms in total. The summed E-state index contributed by atoms with van der Waals surface area (Å²) in [5.74, 6) is 0.854. The van der Waals surface area contributed by atoms with E-state index in [9.17, 15) is 8.42 Å². The van der Waals surface area contributed by atoms with Crippen LogP contribution in [0.15, 0.2) is 23.1 Å². The predicted octanol–water partition coefficient (Wildman–Crippen LogP) is 2.56. The summed E-state index contributed by atoms with van der Waals surface area (Å²) in [4.78, 5) is 0.149. The molecule has 1 aromatic carbocycles. The minimum Gasteiger partial charge on any atom is -0.497 e. The number of methoxy groups -OCH3 is 2. The number of rotatable bonds is 5. The molecule has 1 aliphatic rings. The normalized spacial score (nSPS) is 21.2. The van der Waals surface area contributed by atoms with Gasteiger partial charge >= 0.3 is 0 Å². The SMILES string of the molecule is COc1ccc(S(=O)(=O)NC2CCC(C)(C)C2)c(OC)c1. The Morgan fingerprint density at radius 3 is 2.48 bits per heavy atom. The van der Waals surface area contributed by atoms with Crippen LogP contribution in [0.25, 0.3) is 0 Å². The summed E-state index contributed by atoms with van der Waals surface area (Å²) in [6.45, 7) is 4.32. The van der Waals surface area contributed by atoms with Crippen molar-refractivity contribution < 1.29 is 17.9 Å². The van der Waals surface area contributed by atoms with Crippen LogP contribution < -0.4 is 14.2 Å². The van der Waals surface area contributed by atoms with E-state index in [4.69, 9.17) is 9.47 Å². The van der Waals surface area contributed by atoms with E-state index >= 15 is 0 Å². The smallest absolute Gasteiger partial charge is 0.244 e. The number of sulfonamides is 1. The third-order valence-corrected chi connectivity index (χ3v) is 5.51. The Morgan fingerprint density at radius 2 is 1.95 bits per heavy atom. The molecule has 0 amide bonds. The van der Waals surface area contributed by atoms with Crippen molar-refractivity contribution in [3.05, 3.63) is 18.2 Å². The lowest BCUT2D eigenvalue weighted by Gasteiger charge is -2.18. The maximum Gasteiger partial charge on any atom is 0.244 e. The maximum atomic E-state index is 12.5. The van der Waals surface area contributed by atoms with Crippen molar-refractivity contribution in [2.75, 3.05) is 14.2 Å². The van der Waals surface area contributed by atoms with E-state index in [1.54, 1.807) is 12.1 Å². The third-order valence-electron chi connectivity index (χ3n) is 3.95. The largest absolute Gasteiger partial charge is 0.497 e.